The zero-order chi connectivity index (χ0) is 16.5. The van der Waals surface area contributed by atoms with E-state index in [0.29, 0.717) is 16.6 Å². The molecule has 0 saturated heterocycles. The Bertz CT molecular complexity index is 769. The molecule has 4 N–H and O–H groups in total. The van der Waals surface area contributed by atoms with E-state index >= 15 is 0 Å². The molecule has 1 aromatic heterocycles. The van der Waals surface area contributed by atoms with E-state index in [-0.39, 0.29) is 5.69 Å². The van der Waals surface area contributed by atoms with Gasteiger partial charge >= 0.3 is 17.8 Å². The number of amides is 1. The largest absolute Gasteiger partial charge is 0.479 e. The van der Waals surface area contributed by atoms with E-state index in [1.54, 1.807) is 26.8 Å². The van der Waals surface area contributed by atoms with E-state index in [1.165, 1.54) is 12.1 Å². The van der Waals surface area contributed by atoms with Gasteiger partial charge in [0.05, 0.1) is 11.0 Å². The normalized spacial score (nSPS) is 12.9. The van der Waals surface area contributed by atoms with Gasteiger partial charge in [-0.25, -0.2) is 14.4 Å². The Morgan fingerprint density at radius 2 is 1.86 bits per heavy atom. The smallest absolute Gasteiger partial charge is 0.408 e. The number of hydrogen-bond donors (Lipinski definition) is 4. The third-order valence-electron chi connectivity index (χ3n) is 2.78. The van der Waals surface area contributed by atoms with Gasteiger partial charge in [-0.3, -0.25) is 0 Å². The SMILES string of the molecule is CC(C)(C)OC(=O)NC(C(=O)O)c1ccc2[nH]c(=O)[nH]c2c1. The molecule has 0 aliphatic heterocycles. The molecule has 8 nitrogen and oxygen atoms in total. The Morgan fingerprint density at radius 3 is 2.45 bits per heavy atom. The molecular formula is C14H17N3O5. The molecule has 1 atom stereocenters. The molecule has 1 unspecified atom stereocenters. The van der Waals surface area contributed by atoms with Crippen LogP contribution in [0.1, 0.15) is 32.4 Å². The maximum absolute atomic E-state index is 11.8. The lowest BCUT2D eigenvalue weighted by atomic mass is 10.1. The summed E-state index contributed by atoms with van der Waals surface area (Å²) in [4.78, 5) is 39.5. The van der Waals surface area contributed by atoms with Gasteiger partial charge in [-0.1, -0.05) is 6.07 Å². The van der Waals surface area contributed by atoms with Gasteiger partial charge in [0.15, 0.2) is 6.04 Å². The Labute approximate surface area is 125 Å². The fraction of sp³-hybridized carbons (Fsp3) is 0.357. The molecule has 8 heteroatoms. The van der Waals surface area contributed by atoms with Gasteiger partial charge < -0.3 is 25.1 Å². The number of alkyl carbamates (subject to hydrolysis) is 1. The number of aliphatic carboxylic acids is 1. The topological polar surface area (TPSA) is 124 Å². The maximum Gasteiger partial charge on any atom is 0.408 e. The predicted molar refractivity (Wildman–Crippen MR) is 78.7 cm³/mol. The summed E-state index contributed by atoms with van der Waals surface area (Å²) in [5.74, 6) is -1.23. The first-order valence-corrected chi connectivity index (χ1v) is 6.60. The second-order valence-corrected chi connectivity index (χ2v) is 5.80. The number of aromatic nitrogens is 2. The average Bonchev–Trinajstić information content (AvgIpc) is 2.72. The summed E-state index contributed by atoms with van der Waals surface area (Å²) in [6, 6.07) is 3.29. The van der Waals surface area contributed by atoms with Crippen LogP contribution in [-0.4, -0.2) is 32.7 Å². The van der Waals surface area contributed by atoms with Crippen LogP contribution in [0.3, 0.4) is 0 Å². The van der Waals surface area contributed by atoms with Crippen molar-refractivity contribution in [2.75, 3.05) is 0 Å². The third kappa shape index (κ3) is 3.66. The first kappa shape index (κ1) is 15.6. The number of hydrogen-bond acceptors (Lipinski definition) is 4. The summed E-state index contributed by atoms with van der Waals surface area (Å²) in [6.07, 6.45) is -0.831. The Balaban J connectivity index is 2.28. The first-order chi connectivity index (χ1) is 10.2. The molecule has 118 valence electrons. The second kappa shape index (κ2) is 5.55. The summed E-state index contributed by atoms with van der Waals surface area (Å²) in [5, 5.41) is 11.6. The highest BCUT2D eigenvalue weighted by molar-refractivity contribution is 5.84. The Kier molecular flexibility index (Phi) is 3.94. The number of H-pyrrole nitrogens is 2. The van der Waals surface area contributed by atoms with Crippen LogP contribution < -0.4 is 11.0 Å². The van der Waals surface area contributed by atoms with Crippen molar-refractivity contribution in [2.24, 2.45) is 0 Å². The van der Waals surface area contributed by atoms with Crippen molar-refractivity contribution >= 4 is 23.1 Å². The summed E-state index contributed by atoms with van der Waals surface area (Å²) >= 11 is 0. The van der Waals surface area contributed by atoms with E-state index < -0.39 is 23.7 Å². The minimum atomic E-state index is -1.28. The lowest BCUT2D eigenvalue weighted by Crippen LogP contribution is -2.38. The number of ether oxygens (including phenoxy) is 1. The number of fused-ring (bicyclic) bond motifs is 1. The molecule has 2 rings (SSSR count). The molecule has 22 heavy (non-hydrogen) atoms. The van der Waals surface area contributed by atoms with E-state index in [9.17, 15) is 19.5 Å². The van der Waals surface area contributed by atoms with Gasteiger partial charge in [0.1, 0.15) is 5.60 Å². The molecule has 2 aromatic rings. The fourth-order valence-corrected chi connectivity index (χ4v) is 1.94. The minimum absolute atomic E-state index is 0.320. The highest BCUT2D eigenvalue weighted by Crippen LogP contribution is 2.18. The number of carbonyl (C=O) groups is 2. The molecule has 0 aliphatic carbocycles. The van der Waals surface area contributed by atoms with Crippen molar-refractivity contribution in [3.8, 4) is 0 Å². The molecule has 1 heterocycles. The highest BCUT2D eigenvalue weighted by atomic mass is 16.6. The molecule has 0 spiro atoms. The number of carboxylic acid groups (broad SMARTS) is 1. The first-order valence-electron chi connectivity index (χ1n) is 6.60. The number of rotatable bonds is 3. The number of nitrogens with one attached hydrogen (secondary N) is 3. The van der Waals surface area contributed by atoms with E-state index in [1.807, 2.05) is 0 Å². The van der Waals surface area contributed by atoms with E-state index in [2.05, 4.69) is 15.3 Å². The van der Waals surface area contributed by atoms with Crippen molar-refractivity contribution in [3.05, 3.63) is 34.2 Å². The lowest BCUT2D eigenvalue weighted by molar-refractivity contribution is -0.139. The molecule has 0 radical (unpaired) electrons. The van der Waals surface area contributed by atoms with Crippen LogP contribution in [0.25, 0.3) is 11.0 Å². The number of aromatic amines is 2. The Morgan fingerprint density at radius 1 is 1.23 bits per heavy atom. The third-order valence-corrected chi connectivity index (χ3v) is 2.78. The zero-order valence-electron chi connectivity index (χ0n) is 12.4. The quantitative estimate of drug-likeness (QED) is 0.684. The number of carboxylic acids is 1. The van der Waals surface area contributed by atoms with E-state index in [0.717, 1.165) is 0 Å². The van der Waals surface area contributed by atoms with Gasteiger partial charge in [-0.2, -0.15) is 0 Å². The van der Waals surface area contributed by atoms with Crippen molar-refractivity contribution in [3.63, 3.8) is 0 Å². The maximum atomic E-state index is 11.8. The fourth-order valence-electron chi connectivity index (χ4n) is 1.94. The van der Waals surface area contributed by atoms with Crippen LogP contribution in [-0.2, 0) is 9.53 Å². The highest BCUT2D eigenvalue weighted by Gasteiger charge is 2.25. The number of carbonyl (C=O) groups excluding carboxylic acids is 1. The van der Waals surface area contributed by atoms with Crippen LogP contribution in [0.4, 0.5) is 4.79 Å². The average molecular weight is 307 g/mol. The van der Waals surface area contributed by atoms with Crippen LogP contribution in [0.15, 0.2) is 23.0 Å². The molecule has 1 amide bonds. The van der Waals surface area contributed by atoms with Crippen molar-refractivity contribution in [1.29, 1.82) is 0 Å². The van der Waals surface area contributed by atoms with Gasteiger partial charge in [-0.15, -0.1) is 0 Å². The second-order valence-electron chi connectivity index (χ2n) is 5.80. The van der Waals surface area contributed by atoms with Gasteiger partial charge in [-0.05, 0) is 38.5 Å². The van der Waals surface area contributed by atoms with Gasteiger partial charge in [0.25, 0.3) is 0 Å². The molecule has 0 aliphatic rings. The molecule has 1 aromatic carbocycles. The van der Waals surface area contributed by atoms with Crippen molar-refractivity contribution < 1.29 is 19.4 Å². The summed E-state index contributed by atoms with van der Waals surface area (Å²) < 4.78 is 5.05. The van der Waals surface area contributed by atoms with Crippen LogP contribution in [0.2, 0.25) is 0 Å². The van der Waals surface area contributed by atoms with Crippen LogP contribution >= 0.6 is 0 Å². The molecule has 0 saturated carbocycles. The Hall–Kier alpha value is -2.77. The zero-order valence-corrected chi connectivity index (χ0v) is 12.4. The molecule has 0 bridgehead atoms. The standard InChI is InChI=1S/C14H17N3O5/c1-14(2,3)22-13(21)17-10(11(18)19)7-4-5-8-9(6-7)16-12(20)15-8/h4-6,10H,1-3H3,(H,17,21)(H,18,19)(H2,15,16,20). The molecule has 0 fully saturated rings. The lowest BCUT2D eigenvalue weighted by Gasteiger charge is -2.22. The van der Waals surface area contributed by atoms with Crippen LogP contribution in [0, 0.1) is 0 Å². The predicted octanol–water partition coefficient (Wildman–Crippen LogP) is 1.51. The monoisotopic (exact) mass is 307 g/mol. The number of benzene rings is 1. The van der Waals surface area contributed by atoms with E-state index in [4.69, 9.17) is 4.74 Å². The molecular weight excluding hydrogens is 290 g/mol. The van der Waals surface area contributed by atoms with Crippen molar-refractivity contribution in [2.45, 2.75) is 32.4 Å². The van der Waals surface area contributed by atoms with Gasteiger partial charge in [0.2, 0.25) is 0 Å². The number of imidazole rings is 1. The van der Waals surface area contributed by atoms with Crippen molar-refractivity contribution in [1.82, 2.24) is 15.3 Å². The summed E-state index contributed by atoms with van der Waals surface area (Å²) in [5.41, 5.74) is 0.207. The summed E-state index contributed by atoms with van der Waals surface area (Å²) in [7, 11) is 0. The van der Waals surface area contributed by atoms with Crippen LogP contribution in [0.5, 0.6) is 0 Å². The minimum Gasteiger partial charge on any atom is -0.479 e. The summed E-state index contributed by atoms with van der Waals surface area (Å²) in [6.45, 7) is 5.04. The van der Waals surface area contributed by atoms with Gasteiger partial charge in [0, 0.05) is 0 Å².